The Kier molecular flexibility index (Phi) is 30.0. The molecule has 0 aliphatic carbocycles. The number of carbonyl (C=O) groups is 2. The molecule has 0 spiro atoms. The van der Waals surface area contributed by atoms with Crippen molar-refractivity contribution in [2.45, 2.75) is 168 Å². The van der Waals surface area contributed by atoms with Crippen molar-refractivity contribution >= 4 is 19.8 Å². The van der Waals surface area contributed by atoms with Crippen molar-refractivity contribution in [1.82, 2.24) is 0 Å². The second kappa shape index (κ2) is 30.8. The first-order valence-electron chi connectivity index (χ1n) is 18.9. The zero-order chi connectivity index (χ0) is 35.1. The molecule has 0 fully saturated rings. The molecule has 10 heteroatoms. The average Bonchev–Trinajstić information content (AvgIpc) is 3.01. The SMILES string of the molecule is CCCC/C=C\CCCCCCCC(=O)OC(COC(=O)CCCCCCCCCCCCCC)COP(=O)([O-])OCC[N+](C)(C)C. The zero-order valence-electron chi connectivity index (χ0n) is 31.0. The van der Waals surface area contributed by atoms with E-state index in [9.17, 15) is 19.0 Å². The van der Waals surface area contributed by atoms with Crippen LogP contribution in [0.15, 0.2) is 12.2 Å². The first-order chi connectivity index (χ1) is 22.5. The van der Waals surface area contributed by atoms with Gasteiger partial charge in [-0.1, -0.05) is 129 Å². The van der Waals surface area contributed by atoms with E-state index in [0.717, 1.165) is 57.8 Å². The second-order valence-electron chi connectivity index (χ2n) is 13.9. The predicted octanol–water partition coefficient (Wildman–Crippen LogP) is 9.22. The smallest absolute Gasteiger partial charge is 0.306 e. The van der Waals surface area contributed by atoms with Crippen molar-refractivity contribution < 1.29 is 42.1 Å². The van der Waals surface area contributed by atoms with Gasteiger partial charge in [-0.15, -0.1) is 0 Å². The lowest BCUT2D eigenvalue weighted by Crippen LogP contribution is -2.37. The van der Waals surface area contributed by atoms with Crippen molar-refractivity contribution in [3.05, 3.63) is 12.2 Å². The molecule has 0 aliphatic heterocycles. The number of allylic oxidation sites excluding steroid dienone is 2. The Labute approximate surface area is 288 Å². The molecule has 0 aliphatic rings. The van der Waals surface area contributed by atoms with Gasteiger partial charge < -0.3 is 27.9 Å². The molecule has 0 aromatic heterocycles. The van der Waals surface area contributed by atoms with E-state index >= 15 is 0 Å². The van der Waals surface area contributed by atoms with Gasteiger partial charge in [0.1, 0.15) is 19.8 Å². The molecule has 0 saturated carbocycles. The average molecular weight is 690 g/mol. The minimum absolute atomic E-state index is 0.0299. The molecule has 0 bridgehead atoms. The summed E-state index contributed by atoms with van der Waals surface area (Å²) in [6.45, 7) is 4.16. The number of quaternary nitrogens is 1. The van der Waals surface area contributed by atoms with E-state index in [2.05, 4.69) is 26.0 Å². The van der Waals surface area contributed by atoms with Gasteiger partial charge in [-0.05, 0) is 32.1 Å². The van der Waals surface area contributed by atoms with E-state index < -0.39 is 26.5 Å². The summed E-state index contributed by atoms with van der Waals surface area (Å²) >= 11 is 0. The first-order valence-corrected chi connectivity index (χ1v) is 20.4. The van der Waals surface area contributed by atoms with Gasteiger partial charge in [0.05, 0.1) is 27.7 Å². The van der Waals surface area contributed by atoms with Gasteiger partial charge in [0.25, 0.3) is 7.82 Å². The fourth-order valence-corrected chi connectivity index (χ4v) is 5.72. The van der Waals surface area contributed by atoms with Crippen LogP contribution in [0.5, 0.6) is 0 Å². The lowest BCUT2D eigenvalue weighted by molar-refractivity contribution is -0.870. The van der Waals surface area contributed by atoms with Crippen molar-refractivity contribution in [1.29, 1.82) is 0 Å². The van der Waals surface area contributed by atoms with Gasteiger partial charge >= 0.3 is 11.9 Å². The highest BCUT2D eigenvalue weighted by atomic mass is 31.2. The van der Waals surface area contributed by atoms with Crippen LogP contribution in [0.1, 0.15) is 162 Å². The van der Waals surface area contributed by atoms with E-state index in [0.29, 0.717) is 17.4 Å². The third-order valence-corrected chi connectivity index (χ3v) is 9.00. The Bertz CT molecular complexity index is 830. The molecule has 0 heterocycles. The number of hydrogen-bond donors (Lipinski definition) is 0. The van der Waals surface area contributed by atoms with Gasteiger partial charge in [0.15, 0.2) is 6.10 Å². The summed E-state index contributed by atoms with van der Waals surface area (Å²) in [4.78, 5) is 37.2. The minimum atomic E-state index is -4.61. The highest BCUT2D eigenvalue weighted by Gasteiger charge is 2.21. The molecule has 2 unspecified atom stereocenters. The number of phosphoric ester groups is 1. The number of hydrogen-bond acceptors (Lipinski definition) is 8. The zero-order valence-corrected chi connectivity index (χ0v) is 31.9. The molecular weight excluding hydrogens is 617 g/mol. The molecule has 47 heavy (non-hydrogen) atoms. The van der Waals surface area contributed by atoms with Crippen LogP contribution < -0.4 is 4.89 Å². The largest absolute Gasteiger partial charge is 0.756 e. The third kappa shape index (κ3) is 34.4. The molecule has 0 rings (SSSR count). The number of nitrogens with zero attached hydrogens (tertiary/aromatic N) is 1. The van der Waals surface area contributed by atoms with Crippen LogP contribution in [0.3, 0.4) is 0 Å². The topological polar surface area (TPSA) is 111 Å². The predicted molar refractivity (Wildman–Crippen MR) is 190 cm³/mol. The number of likely N-dealkylation sites (N-methyl/N-ethyl adjacent to an activating group) is 1. The van der Waals surface area contributed by atoms with Crippen LogP contribution in [-0.2, 0) is 32.7 Å². The van der Waals surface area contributed by atoms with Crippen LogP contribution in [0.4, 0.5) is 0 Å². The Morgan fingerprint density at radius 3 is 1.64 bits per heavy atom. The molecule has 0 aromatic carbocycles. The van der Waals surface area contributed by atoms with E-state index in [1.807, 2.05) is 21.1 Å². The van der Waals surface area contributed by atoms with E-state index in [1.165, 1.54) is 70.6 Å². The van der Waals surface area contributed by atoms with Crippen molar-refractivity contribution in [2.24, 2.45) is 0 Å². The number of rotatable bonds is 34. The minimum Gasteiger partial charge on any atom is -0.756 e. The van der Waals surface area contributed by atoms with E-state index in [1.54, 1.807) is 0 Å². The van der Waals surface area contributed by atoms with E-state index in [4.69, 9.17) is 18.5 Å². The number of esters is 2. The Hall–Kier alpha value is -1.25. The van der Waals surface area contributed by atoms with Gasteiger partial charge in [0, 0.05) is 12.8 Å². The van der Waals surface area contributed by atoms with Crippen molar-refractivity contribution in [3.8, 4) is 0 Å². The van der Waals surface area contributed by atoms with Crippen LogP contribution >= 0.6 is 7.82 Å². The fourth-order valence-electron chi connectivity index (χ4n) is 4.99. The maximum atomic E-state index is 12.6. The summed E-state index contributed by atoms with van der Waals surface area (Å²) < 4.78 is 33.7. The first kappa shape index (κ1) is 45.8. The molecular formula is C37H72NO8P. The van der Waals surface area contributed by atoms with Crippen LogP contribution in [0.25, 0.3) is 0 Å². The molecule has 0 aromatic rings. The third-order valence-electron chi connectivity index (χ3n) is 8.04. The maximum absolute atomic E-state index is 12.6. The summed E-state index contributed by atoms with van der Waals surface area (Å²) in [5, 5.41) is 0. The van der Waals surface area contributed by atoms with Gasteiger partial charge in [-0.2, -0.15) is 0 Å². The highest BCUT2D eigenvalue weighted by molar-refractivity contribution is 7.45. The summed E-state index contributed by atoms with van der Waals surface area (Å²) in [5.74, 6) is -0.844. The standard InChI is InChI=1S/C37H72NO8P/c1-6-8-10-12-14-16-18-20-21-23-25-27-29-36(39)43-33-35(34-45-47(41,42)44-32-31-38(3,4)5)46-37(40)30-28-26-24-22-19-17-15-13-11-9-7-2/h13,15,35H,6-12,14,16-34H2,1-5H3/b15-13-. The fraction of sp³-hybridized carbons (Fsp3) is 0.892. The molecule has 0 N–H and O–H groups in total. The van der Waals surface area contributed by atoms with Gasteiger partial charge in [0.2, 0.25) is 0 Å². The summed E-state index contributed by atoms with van der Waals surface area (Å²) in [6.07, 6.45) is 28.1. The summed E-state index contributed by atoms with van der Waals surface area (Å²) in [6, 6.07) is 0. The highest BCUT2D eigenvalue weighted by Crippen LogP contribution is 2.38. The number of unbranched alkanes of at least 4 members (excludes halogenated alkanes) is 18. The maximum Gasteiger partial charge on any atom is 0.306 e. The second-order valence-corrected chi connectivity index (χ2v) is 15.4. The van der Waals surface area contributed by atoms with Crippen LogP contribution in [0.2, 0.25) is 0 Å². The normalized spacial score (nSPS) is 13.9. The molecule has 0 saturated heterocycles. The Morgan fingerprint density at radius 1 is 0.638 bits per heavy atom. The summed E-state index contributed by atoms with van der Waals surface area (Å²) in [5.41, 5.74) is 0. The Balaban J connectivity index is 4.45. The number of carbonyl (C=O) groups excluding carboxylic acids is 2. The van der Waals surface area contributed by atoms with Crippen LogP contribution in [-0.4, -0.2) is 70.0 Å². The molecule has 2 atom stereocenters. The van der Waals surface area contributed by atoms with Crippen molar-refractivity contribution in [3.63, 3.8) is 0 Å². The molecule has 9 nitrogen and oxygen atoms in total. The van der Waals surface area contributed by atoms with E-state index in [-0.39, 0.29) is 32.0 Å². The Morgan fingerprint density at radius 2 is 1.11 bits per heavy atom. The monoisotopic (exact) mass is 689 g/mol. The van der Waals surface area contributed by atoms with Gasteiger partial charge in [-0.3, -0.25) is 14.2 Å². The number of ether oxygens (including phenoxy) is 2. The molecule has 0 radical (unpaired) electrons. The lowest BCUT2D eigenvalue weighted by atomic mass is 10.0. The van der Waals surface area contributed by atoms with Gasteiger partial charge in [-0.25, -0.2) is 0 Å². The number of phosphoric acid groups is 1. The van der Waals surface area contributed by atoms with Crippen LogP contribution in [0, 0.1) is 0 Å². The summed E-state index contributed by atoms with van der Waals surface area (Å²) in [7, 11) is 1.16. The molecule has 278 valence electrons. The molecule has 0 amide bonds. The quantitative estimate of drug-likeness (QED) is 0.0216. The lowest BCUT2D eigenvalue weighted by Gasteiger charge is -2.28. The van der Waals surface area contributed by atoms with Crippen molar-refractivity contribution in [2.75, 3.05) is 47.5 Å².